The average molecular weight is 283 g/mol. The molecule has 1 amide bonds. The van der Waals surface area contributed by atoms with E-state index < -0.39 is 21.5 Å². The van der Waals surface area contributed by atoms with Gasteiger partial charge < -0.3 is 5.73 Å². The first kappa shape index (κ1) is 18.8. The van der Waals surface area contributed by atoms with Gasteiger partial charge in [0.25, 0.3) is 0 Å². The van der Waals surface area contributed by atoms with Crippen molar-refractivity contribution in [3.05, 3.63) is 0 Å². The van der Waals surface area contributed by atoms with Crippen LogP contribution >= 0.6 is 0 Å². The summed E-state index contributed by atoms with van der Waals surface area (Å²) in [6.07, 6.45) is 6.16. The summed E-state index contributed by atoms with van der Waals surface area (Å²) in [5, 5.41) is 0. The lowest BCUT2D eigenvalue weighted by molar-refractivity contribution is -0.115. The van der Waals surface area contributed by atoms with E-state index in [2.05, 4.69) is 19.5 Å². The minimum absolute atomic E-state index is 0.0854. The average Bonchev–Trinajstić information content (AvgIpc) is 2.24. The number of hydrogen-bond acceptors (Lipinski definition) is 5. The molecule has 0 saturated carbocycles. The number of carbonyl (C=O) groups is 1. The van der Waals surface area contributed by atoms with Gasteiger partial charge in [0.2, 0.25) is 5.91 Å². The van der Waals surface area contributed by atoms with Crippen LogP contribution in [0.1, 0.15) is 45.4 Å². The summed E-state index contributed by atoms with van der Waals surface area (Å²) in [4.78, 5) is 10.4. The number of nitrogens with two attached hydrogens (primary N) is 1. The Hall–Kier alpha value is -0.560. The first-order valence-electron chi connectivity index (χ1n) is 5.63. The zero-order valence-corrected chi connectivity index (χ0v) is 11.8. The maximum Gasteiger partial charge on any atom is 0.232 e. The second-order valence-corrected chi connectivity index (χ2v) is 6.01. The van der Waals surface area contributed by atoms with Crippen LogP contribution in [0.25, 0.3) is 0 Å². The number of carbonyl (C=O) groups excluding carboxylic acids is 1. The molecule has 102 valence electrons. The molecule has 0 aliphatic heterocycles. The van der Waals surface area contributed by atoms with Crippen LogP contribution in [-0.2, 0) is 27.2 Å². The van der Waals surface area contributed by atoms with Crippen molar-refractivity contribution in [3.8, 4) is 0 Å². The topological polar surface area (TPSA) is 94.3 Å². The molecule has 7 heteroatoms. The Balaban J connectivity index is 0. The third kappa shape index (κ3) is 15.4. The number of sulfone groups is 1. The predicted octanol–water partition coefficient (Wildman–Crippen LogP) is 0.911. The molecule has 0 fully saturated rings. The van der Waals surface area contributed by atoms with E-state index in [1.165, 1.54) is 12.8 Å². The maximum atomic E-state index is 11.2. The van der Waals surface area contributed by atoms with E-state index in [1.807, 2.05) is 0 Å². The van der Waals surface area contributed by atoms with Crippen LogP contribution in [0, 0.1) is 0 Å². The molecule has 0 aromatic carbocycles. The molecule has 0 aliphatic rings. The van der Waals surface area contributed by atoms with Crippen LogP contribution < -0.4 is 5.73 Å². The minimum Gasteiger partial charge on any atom is -0.369 e. The minimum atomic E-state index is -3.25. The number of unbranched alkanes of at least 4 members (excludes halogenated alkanes) is 5. The van der Waals surface area contributed by atoms with Crippen LogP contribution in [0.5, 0.6) is 0 Å². The van der Waals surface area contributed by atoms with Crippen molar-refractivity contribution in [2.45, 2.75) is 45.4 Å². The lowest BCUT2D eigenvalue weighted by Crippen LogP contribution is -2.24. The van der Waals surface area contributed by atoms with Gasteiger partial charge in [0.05, 0.1) is 5.75 Å². The lowest BCUT2D eigenvalue weighted by Gasteiger charge is -2.02. The Morgan fingerprint density at radius 2 is 1.53 bits per heavy atom. The van der Waals surface area contributed by atoms with E-state index in [0.29, 0.717) is 6.42 Å². The van der Waals surface area contributed by atoms with Crippen LogP contribution in [0.2, 0.25) is 0 Å². The highest BCUT2D eigenvalue weighted by atomic mass is 32.2. The molecule has 0 aliphatic carbocycles. The standard InChI is InChI=1S/C10H21NO3S.OS/c1-2-3-4-5-6-7-8-15(13,14)9-10(11)12;1-2/h2-9H2,1H3,(H2,11,12);. The van der Waals surface area contributed by atoms with E-state index in [4.69, 9.17) is 9.94 Å². The third-order valence-corrected chi connectivity index (χ3v) is 3.81. The molecular formula is C10H21NO4S2. The maximum absolute atomic E-state index is 11.2. The van der Waals surface area contributed by atoms with E-state index in [1.54, 1.807) is 0 Å². The Kier molecular flexibility index (Phi) is 13.2. The monoisotopic (exact) mass is 283 g/mol. The van der Waals surface area contributed by atoms with Crippen molar-refractivity contribution in [1.29, 1.82) is 0 Å². The van der Waals surface area contributed by atoms with Gasteiger partial charge in [0, 0.05) is 0 Å². The summed E-state index contributed by atoms with van der Waals surface area (Å²) in [6.45, 7) is 2.14. The molecule has 0 saturated heterocycles. The van der Waals surface area contributed by atoms with Gasteiger partial charge in [-0.15, -0.1) is 0 Å². The van der Waals surface area contributed by atoms with Gasteiger partial charge in [-0.2, -0.15) is 4.21 Å². The molecule has 0 radical (unpaired) electrons. The molecule has 17 heavy (non-hydrogen) atoms. The summed E-state index contributed by atoms with van der Waals surface area (Å²) in [7, 11) is -3.25. The fourth-order valence-corrected chi connectivity index (χ4v) is 2.61. The molecular weight excluding hydrogens is 262 g/mol. The Labute approximate surface area is 109 Å². The lowest BCUT2D eigenvalue weighted by atomic mass is 10.1. The third-order valence-electron chi connectivity index (χ3n) is 2.17. The second-order valence-electron chi connectivity index (χ2n) is 3.83. The van der Waals surface area contributed by atoms with E-state index in [0.717, 1.165) is 19.3 Å². The molecule has 0 aromatic heterocycles. The Morgan fingerprint density at radius 1 is 1.06 bits per heavy atom. The van der Waals surface area contributed by atoms with Gasteiger partial charge in [-0.05, 0) is 6.42 Å². The van der Waals surface area contributed by atoms with Crippen molar-refractivity contribution < 1.29 is 17.4 Å². The molecule has 0 rings (SSSR count). The van der Waals surface area contributed by atoms with Crippen LogP contribution in [0.4, 0.5) is 0 Å². The van der Waals surface area contributed by atoms with Crippen LogP contribution in [0.15, 0.2) is 0 Å². The van der Waals surface area contributed by atoms with Gasteiger partial charge in [-0.25, -0.2) is 8.42 Å². The summed E-state index contributed by atoms with van der Waals surface area (Å²) in [6, 6.07) is 0. The van der Waals surface area contributed by atoms with Crippen molar-refractivity contribution in [3.63, 3.8) is 0 Å². The molecule has 0 aromatic rings. The van der Waals surface area contributed by atoms with Crippen molar-refractivity contribution in [1.82, 2.24) is 0 Å². The zero-order chi connectivity index (χ0) is 13.7. The molecule has 0 bridgehead atoms. The van der Waals surface area contributed by atoms with Crippen molar-refractivity contribution in [2.24, 2.45) is 5.73 Å². The smallest absolute Gasteiger partial charge is 0.232 e. The quantitative estimate of drug-likeness (QED) is 0.635. The first-order chi connectivity index (χ1) is 7.98. The van der Waals surface area contributed by atoms with Gasteiger partial charge in [0.1, 0.15) is 5.75 Å². The fourth-order valence-electron chi connectivity index (χ4n) is 1.39. The summed E-state index contributed by atoms with van der Waals surface area (Å²) in [5.74, 6) is -1.19. The number of rotatable bonds is 9. The van der Waals surface area contributed by atoms with E-state index >= 15 is 0 Å². The zero-order valence-electron chi connectivity index (χ0n) is 10.2. The summed E-state index contributed by atoms with van der Waals surface area (Å²) in [5.41, 5.74) is 4.83. The highest BCUT2D eigenvalue weighted by Crippen LogP contribution is 2.06. The number of primary amides is 1. The van der Waals surface area contributed by atoms with Crippen molar-refractivity contribution in [2.75, 3.05) is 11.5 Å². The fraction of sp³-hybridized carbons (Fsp3) is 0.900. The van der Waals surface area contributed by atoms with Gasteiger partial charge in [-0.1, -0.05) is 39.0 Å². The number of hydrogen-bond donors (Lipinski definition) is 1. The van der Waals surface area contributed by atoms with Crippen LogP contribution in [-0.4, -0.2) is 30.0 Å². The molecule has 0 unspecified atom stereocenters. The largest absolute Gasteiger partial charge is 0.369 e. The predicted molar refractivity (Wildman–Crippen MR) is 69.4 cm³/mol. The highest BCUT2D eigenvalue weighted by Gasteiger charge is 2.13. The van der Waals surface area contributed by atoms with Crippen LogP contribution in [0.3, 0.4) is 0 Å². The molecule has 0 spiro atoms. The number of amides is 1. The second kappa shape index (κ2) is 11.9. The molecule has 0 heterocycles. The van der Waals surface area contributed by atoms with Crippen molar-refractivity contribution >= 4 is 28.3 Å². The first-order valence-corrected chi connectivity index (χ1v) is 7.79. The summed E-state index contributed by atoms with van der Waals surface area (Å²) < 4.78 is 30.3. The van der Waals surface area contributed by atoms with Gasteiger partial charge in [0.15, 0.2) is 22.4 Å². The SMILES string of the molecule is CCCCCCCCS(=O)(=O)CC(N)=O.O=S. The summed E-state index contributed by atoms with van der Waals surface area (Å²) >= 11 is 2.83. The van der Waals surface area contributed by atoms with Gasteiger partial charge >= 0.3 is 0 Å². The Morgan fingerprint density at radius 3 is 2.00 bits per heavy atom. The normalized spacial score (nSPS) is 10.4. The van der Waals surface area contributed by atoms with E-state index in [-0.39, 0.29) is 5.75 Å². The molecule has 2 N–H and O–H groups in total. The molecule has 0 atom stereocenters. The Bertz CT molecular complexity index is 291. The molecule has 5 nitrogen and oxygen atoms in total. The highest BCUT2D eigenvalue weighted by molar-refractivity contribution is 7.92. The van der Waals surface area contributed by atoms with Gasteiger partial charge in [-0.3, -0.25) is 4.79 Å². The van der Waals surface area contributed by atoms with E-state index in [9.17, 15) is 13.2 Å².